The molecular weight excluding hydrogens is 192 g/mol. The van der Waals surface area contributed by atoms with Gasteiger partial charge in [-0.05, 0) is 9.91 Å². The van der Waals surface area contributed by atoms with Gasteiger partial charge in [0.1, 0.15) is 5.69 Å². The van der Waals surface area contributed by atoms with Crippen LogP contribution in [0.5, 0.6) is 0 Å². The molecule has 1 rings (SSSR count). The molecule has 0 radical (unpaired) electrons. The van der Waals surface area contributed by atoms with Gasteiger partial charge in [-0.15, -0.1) is 0 Å². The van der Waals surface area contributed by atoms with Gasteiger partial charge in [-0.2, -0.15) is 0 Å². The highest BCUT2D eigenvalue weighted by Gasteiger charge is 2.29. The Kier molecular flexibility index (Phi) is 2.47. The number of carboxylic acids is 1. The number of carboxylic acid groups (broad SMARTS) is 1. The molecule has 76 valence electrons. The first-order chi connectivity index (χ1) is 6.45. The molecule has 0 aliphatic carbocycles. The molecule has 0 aromatic carbocycles. The van der Waals surface area contributed by atoms with E-state index in [2.05, 4.69) is 4.98 Å². The molecular formula is C6H8N4O4. The van der Waals surface area contributed by atoms with Crippen LogP contribution in [0.2, 0.25) is 0 Å². The summed E-state index contributed by atoms with van der Waals surface area (Å²) >= 11 is 0. The van der Waals surface area contributed by atoms with Crippen LogP contribution >= 0.6 is 0 Å². The first-order valence-electron chi connectivity index (χ1n) is 3.59. The molecule has 8 nitrogen and oxygen atoms in total. The molecule has 3 N–H and O–H groups in total. The van der Waals surface area contributed by atoms with Crippen LogP contribution in [0.1, 0.15) is 11.7 Å². The molecule has 0 bridgehead atoms. The number of aliphatic carboxylic acids is 1. The van der Waals surface area contributed by atoms with Crippen molar-refractivity contribution in [3.05, 3.63) is 22.1 Å². The van der Waals surface area contributed by atoms with Crippen LogP contribution in [0.3, 0.4) is 0 Å². The lowest BCUT2D eigenvalue weighted by atomic mass is 10.2. The third-order valence-electron chi connectivity index (χ3n) is 1.70. The standard InChI is InChI=1S/C6H8N4O4/c1-9-2-8-5(10(13)14)4(9)3(7)6(11)12/h2-3H,7H2,1H3,(H,11,12). The van der Waals surface area contributed by atoms with Crippen molar-refractivity contribution < 1.29 is 14.8 Å². The first kappa shape index (κ1) is 10.1. The van der Waals surface area contributed by atoms with Crippen molar-refractivity contribution in [1.29, 1.82) is 0 Å². The van der Waals surface area contributed by atoms with Crippen LogP contribution in [0, 0.1) is 10.1 Å². The van der Waals surface area contributed by atoms with E-state index >= 15 is 0 Å². The summed E-state index contributed by atoms with van der Waals surface area (Å²) < 4.78 is 1.22. The Bertz CT molecular complexity index is 385. The molecule has 0 spiro atoms. The SMILES string of the molecule is Cn1cnc([N+](=O)[O-])c1C(N)C(=O)O. The van der Waals surface area contributed by atoms with Crippen LogP contribution in [0.15, 0.2) is 6.33 Å². The van der Waals surface area contributed by atoms with E-state index in [0.29, 0.717) is 0 Å². The monoisotopic (exact) mass is 200 g/mol. The van der Waals surface area contributed by atoms with Gasteiger partial charge >= 0.3 is 11.8 Å². The van der Waals surface area contributed by atoms with Gasteiger partial charge in [0, 0.05) is 7.05 Å². The normalized spacial score (nSPS) is 12.4. The van der Waals surface area contributed by atoms with Crippen LogP contribution < -0.4 is 5.73 Å². The Labute approximate surface area is 78.1 Å². The van der Waals surface area contributed by atoms with E-state index in [9.17, 15) is 14.9 Å². The summed E-state index contributed by atoms with van der Waals surface area (Å²) in [6.45, 7) is 0. The molecule has 0 saturated carbocycles. The van der Waals surface area contributed by atoms with Gasteiger partial charge in [0.15, 0.2) is 6.04 Å². The molecule has 0 aliphatic rings. The fourth-order valence-electron chi connectivity index (χ4n) is 1.04. The maximum atomic E-state index is 10.5. The van der Waals surface area contributed by atoms with Crippen molar-refractivity contribution in [3.63, 3.8) is 0 Å². The lowest BCUT2D eigenvalue weighted by Crippen LogP contribution is -2.23. The Morgan fingerprint density at radius 2 is 2.43 bits per heavy atom. The molecule has 0 amide bonds. The maximum Gasteiger partial charge on any atom is 0.387 e. The summed E-state index contributed by atoms with van der Waals surface area (Å²) in [5.41, 5.74) is 5.13. The Balaban J connectivity index is 3.24. The van der Waals surface area contributed by atoms with Crippen molar-refractivity contribution in [3.8, 4) is 0 Å². The zero-order chi connectivity index (χ0) is 10.9. The third-order valence-corrected chi connectivity index (χ3v) is 1.70. The van der Waals surface area contributed by atoms with Crippen LogP contribution in [-0.2, 0) is 11.8 Å². The Morgan fingerprint density at radius 3 is 2.86 bits per heavy atom. The van der Waals surface area contributed by atoms with Gasteiger partial charge in [0.2, 0.25) is 6.33 Å². The number of nitro groups is 1. The largest absolute Gasteiger partial charge is 0.480 e. The summed E-state index contributed by atoms with van der Waals surface area (Å²) in [5, 5.41) is 19.0. The van der Waals surface area contributed by atoms with Crippen molar-refractivity contribution >= 4 is 11.8 Å². The van der Waals surface area contributed by atoms with Crippen molar-refractivity contribution in [2.45, 2.75) is 6.04 Å². The first-order valence-corrected chi connectivity index (χ1v) is 3.59. The summed E-state index contributed by atoms with van der Waals surface area (Å²) in [7, 11) is 1.44. The Morgan fingerprint density at radius 1 is 1.86 bits per heavy atom. The number of nitrogens with zero attached hydrogens (tertiary/aromatic N) is 3. The highest BCUT2D eigenvalue weighted by Crippen LogP contribution is 2.21. The quantitative estimate of drug-likeness (QED) is 0.496. The highest BCUT2D eigenvalue weighted by atomic mass is 16.6. The summed E-state index contributed by atoms with van der Waals surface area (Å²) in [6.07, 6.45) is 1.15. The predicted molar refractivity (Wildman–Crippen MR) is 44.4 cm³/mol. The van der Waals surface area contributed by atoms with Gasteiger partial charge in [-0.1, -0.05) is 0 Å². The van der Waals surface area contributed by atoms with E-state index in [1.807, 2.05) is 0 Å². The number of aromatic nitrogens is 2. The number of carbonyl (C=O) groups is 1. The maximum absolute atomic E-state index is 10.5. The molecule has 8 heteroatoms. The minimum atomic E-state index is -1.44. The van der Waals surface area contributed by atoms with E-state index in [0.717, 1.165) is 6.33 Å². The van der Waals surface area contributed by atoms with Gasteiger partial charge in [-0.25, -0.2) is 0 Å². The fourth-order valence-corrected chi connectivity index (χ4v) is 1.04. The number of hydrogen-bond donors (Lipinski definition) is 2. The molecule has 1 atom stereocenters. The van der Waals surface area contributed by atoms with E-state index in [4.69, 9.17) is 10.8 Å². The average Bonchev–Trinajstić information content (AvgIpc) is 2.45. The molecule has 1 aromatic heterocycles. The molecule has 1 heterocycles. The molecule has 1 unspecified atom stereocenters. The van der Waals surface area contributed by atoms with E-state index in [-0.39, 0.29) is 5.69 Å². The van der Waals surface area contributed by atoms with E-state index in [1.165, 1.54) is 11.6 Å². The molecule has 0 saturated heterocycles. The molecule has 0 aliphatic heterocycles. The van der Waals surface area contributed by atoms with Crippen LogP contribution in [0.25, 0.3) is 0 Å². The minimum absolute atomic E-state index is 0.123. The number of nitrogens with two attached hydrogens (primary N) is 1. The predicted octanol–water partition coefficient (Wildman–Crippen LogP) is -0.587. The van der Waals surface area contributed by atoms with Gasteiger partial charge < -0.3 is 25.5 Å². The molecule has 1 aromatic rings. The zero-order valence-corrected chi connectivity index (χ0v) is 7.25. The Hall–Kier alpha value is -1.96. The summed E-state index contributed by atoms with van der Waals surface area (Å²) in [6, 6.07) is -1.44. The summed E-state index contributed by atoms with van der Waals surface area (Å²) in [4.78, 5) is 23.7. The average molecular weight is 200 g/mol. The number of rotatable bonds is 3. The zero-order valence-electron chi connectivity index (χ0n) is 7.25. The van der Waals surface area contributed by atoms with E-state index < -0.39 is 22.8 Å². The molecule has 14 heavy (non-hydrogen) atoms. The second kappa shape index (κ2) is 3.42. The number of aryl methyl sites for hydroxylation is 1. The summed E-state index contributed by atoms with van der Waals surface area (Å²) in [5.74, 6) is -1.86. The van der Waals surface area contributed by atoms with Gasteiger partial charge in [-0.3, -0.25) is 4.79 Å². The number of imidazole rings is 1. The highest BCUT2D eigenvalue weighted by molar-refractivity contribution is 5.75. The molecule has 0 fully saturated rings. The second-order valence-corrected chi connectivity index (χ2v) is 2.64. The fraction of sp³-hybridized carbons (Fsp3) is 0.333. The second-order valence-electron chi connectivity index (χ2n) is 2.64. The third kappa shape index (κ3) is 1.55. The topological polar surface area (TPSA) is 124 Å². The lowest BCUT2D eigenvalue weighted by molar-refractivity contribution is -0.390. The van der Waals surface area contributed by atoms with E-state index in [1.54, 1.807) is 0 Å². The smallest absolute Gasteiger partial charge is 0.387 e. The minimum Gasteiger partial charge on any atom is -0.480 e. The van der Waals surface area contributed by atoms with Gasteiger partial charge in [0.25, 0.3) is 0 Å². The van der Waals surface area contributed by atoms with Crippen molar-refractivity contribution in [1.82, 2.24) is 9.55 Å². The van der Waals surface area contributed by atoms with Gasteiger partial charge in [0.05, 0.1) is 0 Å². The lowest BCUT2D eigenvalue weighted by Gasteiger charge is -2.05. The van der Waals surface area contributed by atoms with Crippen LogP contribution in [-0.4, -0.2) is 25.6 Å². The van der Waals surface area contributed by atoms with Crippen molar-refractivity contribution in [2.24, 2.45) is 12.8 Å². The van der Waals surface area contributed by atoms with Crippen LogP contribution in [0.4, 0.5) is 5.82 Å². The number of hydrogen-bond acceptors (Lipinski definition) is 5. The van der Waals surface area contributed by atoms with Crippen molar-refractivity contribution in [2.75, 3.05) is 0 Å².